The third kappa shape index (κ3) is 3.68. The maximum Gasteiger partial charge on any atom is 0.269 e. The maximum atomic E-state index is 13.5. The minimum Gasteiger partial charge on any atom is -0.347 e. The van der Waals surface area contributed by atoms with Gasteiger partial charge in [0, 0.05) is 28.2 Å². The van der Waals surface area contributed by atoms with Gasteiger partial charge in [0.1, 0.15) is 17.3 Å². The van der Waals surface area contributed by atoms with Gasteiger partial charge < -0.3 is 5.32 Å². The molecule has 3 aromatic rings. The Kier molecular flexibility index (Phi) is 4.71. The van der Waals surface area contributed by atoms with E-state index in [-0.39, 0.29) is 17.8 Å². The van der Waals surface area contributed by atoms with Crippen LogP contribution in [0, 0.1) is 11.6 Å². The van der Waals surface area contributed by atoms with Gasteiger partial charge in [0.2, 0.25) is 0 Å². The van der Waals surface area contributed by atoms with Gasteiger partial charge in [-0.15, -0.1) is 0 Å². The van der Waals surface area contributed by atoms with E-state index in [9.17, 15) is 13.6 Å². The highest BCUT2D eigenvalue weighted by atomic mass is 79.9. The van der Waals surface area contributed by atoms with Gasteiger partial charge >= 0.3 is 0 Å². The molecule has 0 saturated heterocycles. The molecule has 4 nitrogen and oxygen atoms in total. The predicted molar refractivity (Wildman–Crippen MR) is 89.3 cm³/mol. The summed E-state index contributed by atoms with van der Waals surface area (Å²) in [7, 11) is 0. The van der Waals surface area contributed by atoms with Crippen LogP contribution in [0.2, 0.25) is 0 Å². The first-order chi connectivity index (χ1) is 11.5. The molecule has 0 saturated carbocycles. The first-order valence-electron chi connectivity index (χ1n) is 7.06. The van der Waals surface area contributed by atoms with Crippen molar-refractivity contribution >= 4 is 21.8 Å². The topological polar surface area (TPSA) is 57.8 Å². The highest BCUT2D eigenvalue weighted by molar-refractivity contribution is 9.10. The molecule has 122 valence electrons. The minimum absolute atomic E-state index is 0.0441. The zero-order valence-corrected chi connectivity index (χ0v) is 13.9. The lowest BCUT2D eigenvalue weighted by molar-refractivity contribution is 0.0945. The molecule has 1 heterocycles. The van der Waals surface area contributed by atoms with Crippen LogP contribution in [0.25, 0.3) is 11.3 Å². The van der Waals surface area contributed by atoms with Crippen molar-refractivity contribution in [2.75, 3.05) is 0 Å². The Hall–Kier alpha value is -2.54. The number of H-pyrrole nitrogens is 1. The molecule has 0 fully saturated rings. The van der Waals surface area contributed by atoms with Crippen molar-refractivity contribution in [1.82, 2.24) is 15.5 Å². The van der Waals surface area contributed by atoms with Crippen LogP contribution in [0.3, 0.4) is 0 Å². The van der Waals surface area contributed by atoms with E-state index in [0.29, 0.717) is 5.69 Å². The fourth-order valence-electron chi connectivity index (χ4n) is 2.14. The number of benzene rings is 2. The number of hydrogen-bond donors (Lipinski definition) is 2. The van der Waals surface area contributed by atoms with Gasteiger partial charge in [0.15, 0.2) is 0 Å². The summed E-state index contributed by atoms with van der Waals surface area (Å²) in [5.74, 6) is -1.78. The minimum atomic E-state index is -0.699. The Morgan fingerprint density at radius 1 is 1.12 bits per heavy atom. The molecule has 0 aliphatic carbocycles. The number of carbonyl (C=O) groups is 1. The van der Waals surface area contributed by atoms with Crippen LogP contribution in [-0.4, -0.2) is 16.1 Å². The standard InChI is InChI=1S/C17H12BrF2N3O/c18-12-4-1-10(2-5-12)15-8-16(23-22-15)17(24)21-9-11-3-6-13(19)7-14(11)20/h1-8H,9H2,(H,21,24)(H,22,23). The lowest BCUT2D eigenvalue weighted by Crippen LogP contribution is -2.23. The summed E-state index contributed by atoms with van der Waals surface area (Å²) in [6.07, 6.45) is 0. The molecule has 2 aromatic carbocycles. The third-order valence-electron chi connectivity index (χ3n) is 3.42. The van der Waals surface area contributed by atoms with E-state index < -0.39 is 17.5 Å². The zero-order chi connectivity index (χ0) is 17.1. The lowest BCUT2D eigenvalue weighted by atomic mass is 10.1. The van der Waals surface area contributed by atoms with Crippen LogP contribution >= 0.6 is 15.9 Å². The molecule has 2 N–H and O–H groups in total. The van der Waals surface area contributed by atoms with Crippen molar-refractivity contribution in [3.63, 3.8) is 0 Å². The van der Waals surface area contributed by atoms with Crippen molar-refractivity contribution in [3.8, 4) is 11.3 Å². The van der Waals surface area contributed by atoms with E-state index in [0.717, 1.165) is 22.2 Å². The molecule has 24 heavy (non-hydrogen) atoms. The summed E-state index contributed by atoms with van der Waals surface area (Å²) in [6.45, 7) is -0.0441. The average Bonchev–Trinajstić information content (AvgIpc) is 3.04. The van der Waals surface area contributed by atoms with Gasteiger partial charge in [-0.05, 0) is 24.3 Å². The summed E-state index contributed by atoms with van der Waals surface area (Å²) in [6, 6.07) is 12.3. The Labute approximate surface area is 145 Å². The van der Waals surface area contributed by atoms with Crippen molar-refractivity contribution in [1.29, 1.82) is 0 Å². The van der Waals surface area contributed by atoms with Gasteiger partial charge in [-0.25, -0.2) is 8.78 Å². The number of rotatable bonds is 4. The van der Waals surface area contributed by atoms with Crippen LogP contribution in [0.1, 0.15) is 16.1 Å². The predicted octanol–water partition coefficient (Wildman–Crippen LogP) is 4.05. The number of hydrogen-bond acceptors (Lipinski definition) is 2. The van der Waals surface area contributed by atoms with Crippen LogP contribution in [-0.2, 0) is 6.54 Å². The van der Waals surface area contributed by atoms with Crippen molar-refractivity contribution in [2.45, 2.75) is 6.54 Å². The van der Waals surface area contributed by atoms with Crippen LogP contribution in [0.15, 0.2) is 53.0 Å². The van der Waals surface area contributed by atoms with E-state index in [1.54, 1.807) is 6.07 Å². The summed E-state index contributed by atoms with van der Waals surface area (Å²) in [4.78, 5) is 12.1. The van der Waals surface area contributed by atoms with Gasteiger partial charge in [-0.1, -0.05) is 34.1 Å². The largest absolute Gasteiger partial charge is 0.347 e. The quantitative estimate of drug-likeness (QED) is 0.704. The first-order valence-corrected chi connectivity index (χ1v) is 7.86. The lowest BCUT2D eigenvalue weighted by Gasteiger charge is -2.05. The van der Waals surface area contributed by atoms with E-state index >= 15 is 0 Å². The third-order valence-corrected chi connectivity index (χ3v) is 3.95. The maximum absolute atomic E-state index is 13.5. The van der Waals surface area contributed by atoms with Crippen LogP contribution < -0.4 is 5.32 Å². The van der Waals surface area contributed by atoms with Gasteiger partial charge in [0.05, 0.1) is 5.69 Å². The zero-order valence-electron chi connectivity index (χ0n) is 12.3. The molecule has 0 radical (unpaired) electrons. The second kappa shape index (κ2) is 6.92. The van der Waals surface area contributed by atoms with Gasteiger partial charge in [-0.3, -0.25) is 9.89 Å². The fourth-order valence-corrected chi connectivity index (χ4v) is 2.41. The molecule has 0 aliphatic heterocycles. The highest BCUT2D eigenvalue weighted by Gasteiger charge is 2.12. The molecular weight excluding hydrogens is 380 g/mol. The number of aromatic nitrogens is 2. The molecule has 0 unspecified atom stereocenters. The fraction of sp³-hybridized carbons (Fsp3) is 0.0588. The first kappa shape index (κ1) is 16.3. The number of aromatic amines is 1. The van der Waals surface area contributed by atoms with Gasteiger partial charge in [0.25, 0.3) is 5.91 Å². The molecule has 0 atom stereocenters. The monoisotopic (exact) mass is 391 g/mol. The molecular formula is C17H12BrF2N3O. The van der Waals surface area contributed by atoms with Crippen LogP contribution in [0.5, 0.6) is 0 Å². The Morgan fingerprint density at radius 2 is 1.88 bits per heavy atom. The van der Waals surface area contributed by atoms with Crippen molar-refractivity contribution in [3.05, 3.63) is 75.9 Å². The molecule has 0 spiro atoms. The second-order valence-corrected chi connectivity index (χ2v) is 6.01. The summed E-state index contributed by atoms with van der Waals surface area (Å²) in [5, 5.41) is 9.32. The molecule has 7 heteroatoms. The van der Waals surface area contributed by atoms with Crippen molar-refractivity contribution < 1.29 is 13.6 Å². The van der Waals surface area contributed by atoms with E-state index in [1.807, 2.05) is 24.3 Å². The summed E-state index contributed by atoms with van der Waals surface area (Å²) in [5.41, 5.74) is 1.95. The number of halogens is 3. The molecule has 1 aromatic heterocycles. The molecule has 1 amide bonds. The highest BCUT2D eigenvalue weighted by Crippen LogP contribution is 2.20. The molecule has 0 bridgehead atoms. The summed E-state index contributed by atoms with van der Waals surface area (Å²) >= 11 is 3.35. The molecule has 0 aliphatic rings. The smallest absolute Gasteiger partial charge is 0.269 e. The van der Waals surface area contributed by atoms with E-state index in [1.165, 1.54) is 6.07 Å². The number of carbonyl (C=O) groups excluding carboxylic acids is 1. The van der Waals surface area contributed by atoms with E-state index in [2.05, 4.69) is 31.4 Å². The Bertz CT molecular complexity index is 878. The van der Waals surface area contributed by atoms with E-state index in [4.69, 9.17) is 0 Å². The number of nitrogens with one attached hydrogen (secondary N) is 2. The van der Waals surface area contributed by atoms with Crippen LogP contribution in [0.4, 0.5) is 8.78 Å². The number of amides is 1. The summed E-state index contributed by atoms with van der Waals surface area (Å²) < 4.78 is 27.3. The SMILES string of the molecule is O=C(NCc1ccc(F)cc1F)c1cc(-c2ccc(Br)cc2)n[nH]1. The Balaban J connectivity index is 1.68. The average molecular weight is 392 g/mol. The second-order valence-electron chi connectivity index (χ2n) is 5.09. The van der Waals surface area contributed by atoms with Crippen molar-refractivity contribution in [2.24, 2.45) is 0 Å². The Morgan fingerprint density at radius 3 is 2.58 bits per heavy atom. The normalized spacial score (nSPS) is 10.6. The molecule has 3 rings (SSSR count). The number of nitrogens with zero attached hydrogens (tertiary/aromatic N) is 1. The van der Waals surface area contributed by atoms with Gasteiger partial charge in [-0.2, -0.15) is 5.10 Å².